The molecule has 0 rings (SSSR count). The van der Waals surface area contributed by atoms with Crippen molar-refractivity contribution in [2.45, 2.75) is 26.2 Å². The van der Waals surface area contributed by atoms with Crippen molar-refractivity contribution in [3.05, 3.63) is 0 Å². The largest absolute Gasteiger partial charge is 0.329 e. The van der Waals surface area contributed by atoms with Crippen LogP contribution in [0.3, 0.4) is 0 Å². The second-order valence-corrected chi connectivity index (χ2v) is 8.23. The maximum atomic E-state index is 5.66. The normalized spacial score (nSPS) is 12.9. The molecule has 0 saturated carbocycles. The molecule has 188 valence electrons. The highest BCUT2D eigenvalue weighted by molar-refractivity contribution is 4.67. The first-order chi connectivity index (χ1) is 15.2. The summed E-state index contributed by atoms with van der Waals surface area (Å²) in [6.45, 7) is 17.7. The monoisotopic (exact) mass is 445 g/mol. The number of hydrogen-bond acceptors (Lipinski definition) is 9. The number of rotatable bonds is 25. The summed E-state index contributed by atoms with van der Waals surface area (Å²) < 4.78 is 0. The molecule has 31 heavy (non-hydrogen) atoms. The highest BCUT2D eigenvalue weighted by Crippen LogP contribution is 2.11. The van der Waals surface area contributed by atoms with Gasteiger partial charge in [-0.2, -0.15) is 0 Å². The molecule has 10 N–H and O–H groups in total. The molecule has 0 aliphatic carbocycles. The molecule has 0 aliphatic heterocycles. The third-order valence-corrected chi connectivity index (χ3v) is 5.73. The predicted octanol–water partition coefficient (Wildman–Crippen LogP) is -1.74. The molecule has 9 heteroatoms. The zero-order valence-corrected chi connectivity index (χ0v) is 20.6. The van der Waals surface area contributed by atoms with Crippen LogP contribution in [0.15, 0.2) is 0 Å². The van der Waals surface area contributed by atoms with E-state index in [-0.39, 0.29) is 0 Å². The van der Waals surface area contributed by atoms with Crippen molar-refractivity contribution in [3.8, 4) is 0 Å². The lowest BCUT2D eigenvalue weighted by molar-refractivity contribution is 0.268. The molecule has 0 bridgehead atoms. The quantitative estimate of drug-likeness (QED) is 0.0818. The molecule has 0 aromatic heterocycles. The Balaban J connectivity index is 3.84. The minimum absolute atomic E-state index is 0.692. The van der Waals surface area contributed by atoms with Gasteiger partial charge in [0.05, 0.1) is 0 Å². The van der Waals surface area contributed by atoms with Crippen LogP contribution in [-0.2, 0) is 0 Å². The van der Waals surface area contributed by atoms with Crippen molar-refractivity contribution in [1.82, 2.24) is 31.1 Å². The van der Waals surface area contributed by atoms with Gasteiger partial charge >= 0.3 is 0 Å². The lowest BCUT2D eigenvalue weighted by Gasteiger charge is -2.23. The third-order valence-electron chi connectivity index (χ3n) is 5.73. The van der Waals surface area contributed by atoms with E-state index in [0.717, 1.165) is 91.0 Å². The second-order valence-electron chi connectivity index (χ2n) is 8.23. The van der Waals surface area contributed by atoms with Gasteiger partial charge in [0.2, 0.25) is 0 Å². The molecule has 1 atom stereocenters. The van der Waals surface area contributed by atoms with Gasteiger partial charge in [0.15, 0.2) is 0 Å². The standard InChI is InChI=1S/C22H55N9/c1-3-30(20-15-29-16-21-31(17-8-24)18-9-25)19-14-28-12-6-22(4-10-26-2)5-11-27-13-7-23/h22,26-29H,3-21,23-25H2,1-2H3. The molecule has 1 unspecified atom stereocenters. The average Bonchev–Trinajstić information content (AvgIpc) is 2.78. The second kappa shape index (κ2) is 24.3. The number of hydrogen-bond donors (Lipinski definition) is 7. The van der Waals surface area contributed by atoms with Crippen molar-refractivity contribution in [1.29, 1.82) is 0 Å². The Bertz CT molecular complexity index is 341. The van der Waals surface area contributed by atoms with E-state index < -0.39 is 0 Å². The summed E-state index contributed by atoms with van der Waals surface area (Å²) in [5, 5.41) is 13.9. The van der Waals surface area contributed by atoms with E-state index in [9.17, 15) is 0 Å². The predicted molar refractivity (Wildman–Crippen MR) is 136 cm³/mol. The molecule has 0 aromatic carbocycles. The number of nitrogens with two attached hydrogens (primary N) is 3. The maximum Gasteiger partial charge on any atom is 0.0108 e. The number of nitrogens with zero attached hydrogens (tertiary/aromatic N) is 2. The lowest BCUT2D eigenvalue weighted by Crippen LogP contribution is -2.41. The van der Waals surface area contributed by atoms with Crippen LogP contribution in [0.4, 0.5) is 0 Å². The Morgan fingerprint density at radius 2 is 1.06 bits per heavy atom. The molecule has 0 aromatic rings. The molecule has 0 aliphatic rings. The Kier molecular flexibility index (Phi) is 24.0. The van der Waals surface area contributed by atoms with Gasteiger partial charge in [0.25, 0.3) is 0 Å². The average molecular weight is 446 g/mol. The molecule has 0 amide bonds. The smallest absolute Gasteiger partial charge is 0.0108 e. The van der Waals surface area contributed by atoms with Crippen molar-refractivity contribution < 1.29 is 0 Å². The Hall–Kier alpha value is -0.360. The third kappa shape index (κ3) is 20.0. The van der Waals surface area contributed by atoms with Crippen molar-refractivity contribution in [2.75, 3.05) is 112 Å². The van der Waals surface area contributed by atoms with Crippen LogP contribution in [0.2, 0.25) is 0 Å². The molecule has 0 spiro atoms. The summed E-state index contributed by atoms with van der Waals surface area (Å²) >= 11 is 0. The van der Waals surface area contributed by atoms with Gasteiger partial charge in [-0.3, -0.25) is 4.90 Å². The fraction of sp³-hybridized carbons (Fsp3) is 1.00. The van der Waals surface area contributed by atoms with Crippen molar-refractivity contribution in [3.63, 3.8) is 0 Å². The Morgan fingerprint density at radius 1 is 0.581 bits per heavy atom. The van der Waals surface area contributed by atoms with Crippen LogP contribution in [0.5, 0.6) is 0 Å². The van der Waals surface area contributed by atoms with Gasteiger partial charge in [-0.05, 0) is 58.4 Å². The summed E-state index contributed by atoms with van der Waals surface area (Å²) in [5.74, 6) is 0.759. The van der Waals surface area contributed by atoms with E-state index in [2.05, 4.69) is 38.0 Å². The van der Waals surface area contributed by atoms with Gasteiger partial charge in [-0.25, -0.2) is 0 Å². The maximum absolute atomic E-state index is 5.66. The van der Waals surface area contributed by atoms with E-state index in [0.29, 0.717) is 19.6 Å². The van der Waals surface area contributed by atoms with Gasteiger partial charge in [0, 0.05) is 78.5 Å². The van der Waals surface area contributed by atoms with Gasteiger partial charge in [-0.1, -0.05) is 6.92 Å². The highest BCUT2D eigenvalue weighted by Gasteiger charge is 2.08. The van der Waals surface area contributed by atoms with E-state index in [4.69, 9.17) is 17.2 Å². The van der Waals surface area contributed by atoms with E-state index in [1.165, 1.54) is 19.3 Å². The molecule has 0 saturated heterocycles. The fourth-order valence-corrected chi connectivity index (χ4v) is 3.71. The van der Waals surface area contributed by atoms with Gasteiger partial charge < -0.3 is 43.4 Å². The Morgan fingerprint density at radius 3 is 1.55 bits per heavy atom. The van der Waals surface area contributed by atoms with Crippen molar-refractivity contribution in [2.24, 2.45) is 23.1 Å². The van der Waals surface area contributed by atoms with E-state index in [1.54, 1.807) is 0 Å². The number of nitrogens with one attached hydrogen (secondary N) is 4. The van der Waals surface area contributed by atoms with Crippen LogP contribution in [0.1, 0.15) is 26.2 Å². The molecule has 9 nitrogen and oxygen atoms in total. The zero-order chi connectivity index (χ0) is 23.0. The summed E-state index contributed by atoms with van der Waals surface area (Å²) in [7, 11) is 2.03. The van der Waals surface area contributed by atoms with Crippen LogP contribution < -0.4 is 38.5 Å². The molecule has 0 heterocycles. The molecular weight excluding hydrogens is 390 g/mol. The summed E-state index contributed by atoms with van der Waals surface area (Å²) in [5.41, 5.74) is 16.9. The summed E-state index contributed by atoms with van der Waals surface area (Å²) in [6.07, 6.45) is 3.70. The van der Waals surface area contributed by atoms with Crippen LogP contribution in [0, 0.1) is 5.92 Å². The summed E-state index contributed by atoms with van der Waals surface area (Å²) in [4.78, 5) is 4.83. The molecule has 0 fully saturated rings. The van der Waals surface area contributed by atoms with Crippen molar-refractivity contribution >= 4 is 0 Å². The summed E-state index contributed by atoms with van der Waals surface area (Å²) in [6, 6.07) is 0. The van der Waals surface area contributed by atoms with Crippen LogP contribution in [0.25, 0.3) is 0 Å². The number of likely N-dealkylation sites (N-methyl/N-ethyl adjacent to an activating group) is 1. The zero-order valence-electron chi connectivity index (χ0n) is 20.6. The highest BCUT2D eigenvalue weighted by atomic mass is 15.2. The van der Waals surface area contributed by atoms with Gasteiger partial charge in [-0.15, -0.1) is 0 Å². The SMILES string of the molecule is CCN(CCNCCC(CCNC)CCNCCN)CCNCCN(CCN)CCN. The van der Waals surface area contributed by atoms with Crippen LogP contribution >= 0.6 is 0 Å². The molecular formula is C22H55N9. The topological polar surface area (TPSA) is 133 Å². The fourth-order valence-electron chi connectivity index (χ4n) is 3.71. The van der Waals surface area contributed by atoms with E-state index in [1.807, 2.05) is 7.05 Å². The first-order valence-electron chi connectivity index (χ1n) is 12.5. The first-order valence-corrected chi connectivity index (χ1v) is 12.5. The van der Waals surface area contributed by atoms with E-state index >= 15 is 0 Å². The van der Waals surface area contributed by atoms with Crippen LogP contribution in [-0.4, -0.2) is 122 Å². The Labute approximate surface area is 192 Å². The lowest BCUT2D eigenvalue weighted by atomic mass is 9.97. The first kappa shape index (κ1) is 30.6. The minimum Gasteiger partial charge on any atom is -0.329 e. The molecule has 0 radical (unpaired) electrons. The van der Waals surface area contributed by atoms with Gasteiger partial charge in [0.1, 0.15) is 0 Å². The minimum atomic E-state index is 0.692.